The molecule has 1 saturated carbocycles. The van der Waals surface area contributed by atoms with Crippen molar-refractivity contribution in [3.05, 3.63) is 35.1 Å². The number of thioether (sulfide) groups is 1. The molecule has 0 radical (unpaired) electrons. The summed E-state index contributed by atoms with van der Waals surface area (Å²) in [5, 5.41) is 3.51. The molecule has 2 rings (SSSR count). The number of hydrogen-bond donors (Lipinski definition) is 1. The number of rotatable bonds is 5. The van der Waals surface area contributed by atoms with Crippen molar-refractivity contribution >= 4 is 11.8 Å². The van der Waals surface area contributed by atoms with E-state index in [0.29, 0.717) is 10.3 Å². The highest BCUT2D eigenvalue weighted by atomic mass is 32.2. The minimum absolute atomic E-state index is 0.109. The number of halogens is 1. The Kier molecular flexibility index (Phi) is 3.79. The summed E-state index contributed by atoms with van der Waals surface area (Å²) in [6.45, 7) is 4.91. The van der Waals surface area contributed by atoms with Crippen molar-refractivity contribution in [3.63, 3.8) is 0 Å². The van der Waals surface area contributed by atoms with Crippen molar-refractivity contribution < 1.29 is 4.39 Å². The number of benzene rings is 1. The second-order valence-corrected chi connectivity index (χ2v) is 6.27. The van der Waals surface area contributed by atoms with E-state index in [1.54, 1.807) is 13.0 Å². The molecule has 0 aliphatic heterocycles. The Balaban J connectivity index is 1.95. The summed E-state index contributed by atoms with van der Waals surface area (Å²) in [4.78, 5) is 0. The van der Waals surface area contributed by atoms with Crippen LogP contribution in [0, 0.1) is 12.7 Å². The first-order chi connectivity index (χ1) is 8.06. The zero-order chi connectivity index (χ0) is 12.5. The highest BCUT2D eigenvalue weighted by molar-refractivity contribution is 8.00. The summed E-state index contributed by atoms with van der Waals surface area (Å²) < 4.78 is 13.9. The molecular formula is C14H20FNS. The Morgan fingerprint density at radius 3 is 2.71 bits per heavy atom. The molecule has 1 nitrogen and oxygen atoms in total. The molecule has 94 valence electrons. The van der Waals surface area contributed by atoms with Crippen LogP contribution < -0.4 is 5.32 Å². The number of nitrogens with one attached hydrogen (secondary N) is 1. The van der Waals surface area contributed by atoms with Gasteiger partial charge in [-0.15, -0.1) is 0 Å². The third kappa shape index (κ3) is 3.02. The predicted octanol–water partition coefficient (Wildman–Crippen LogP) is 3.68. The molecule has 1 fully saturated rings. The van der Waals surface area contributed by atoms with E-state index in [-0.39, 0.29) is 11.9 Å². The number of aryl methyl sites for hydroxylation is 1. The number of hydrogen-bond acceptors (Lipinski definition) is 2. The zero-order valence-corrected chi connectivity index (χ0v) is 11.5. The van der Waals surface area contributed by atoms with Crippen LogP contribution in [0.1, 0.15) is 36.9 Å². The summed E-state index contributed by atoms with van der Waals surface area (Å²) in [5.41, 5.74) is 1.74. The van der Waals surface area contributed by atoms with Crippen LogP contribution >= 0.6 is 11.8 Å². The topological polar surface area (TPSA) is 12.0 Å². The van der Waals surface area contributed by atoms with E-state index < -0.39 is 0 Å². The van der Waals surface area contributed by atoms with Crippen LogP contribution in [0.3, 0.4) is 0 Å². The fraction of sp³-hybridized carbons (Fsp3) is 0.571. The Labute approximate surface area is 107 Å². The van der Waals surface area contributed by atoms with Crippen molar-refractivity contribution in [2.45, 2.75) is 37.5 Å². The highest BCUT2D eigenvalue weighted by Crippen LogP contribution is 2.46. The van der Waals surface area contributed by atoms with Crippen molar-refractivity contribution in [1.29, 1.82) is 0 Å². The van der Waals surface area contributed by atoms with Crippen LogP contribution in [0.2, 0.25) is 0 Å². The van der Waals surface area contributed by atoms with Gasteiger partial charge in [-0.25, -0.2) is 4.39 Å². The Morgan fingerprint density at radius 1 is 1.47 bits per heavy atom. The van der Waals surface area contributed by atoms with Gasteiger partial charge in [-0.1, -0.05) is 12.1 Å². The first kappa shape index (κ1) is 12.9. The van der Waals surface area contributed by atoms with Crippen molar-refractivity contribution in [2.75, 3.05) is 12.8 Å². The third-order valence-electron chi connectivity index (χ3n) is 3.67. The van der Waals surface area contributed by atoms with Crippen LogP contribution in [0.5, 0.6) is 0 Å². The summed E-state index contributed by atoms with van der Waals surface area (Å²) in [6, 6.07) is 5.72. The van der Waals surface area contributed by atoms with Crippen LogP contribution in [0.25, 0.3) is 0 Å². The van der Waals surface area contributed by atoms with E-state index in [0.717, 1.165) is 12.1 Å². The monoisotopic (exact) mass is 253 g/mol. The van der Waals surface area contributed by atoms with E-state index in [2.05, 4.69) is 18.5 Å². The molecule has 17 heavy (non-hydrogen) atoms. The second kappa shape index (κ2) is 4.99. The molecule has 1 aliphatic rings. The largest absolute Gasteiger partial charge is 0.309 e. The maximum Gasteiger partial charge on any atom is 0.126 e. The van der Waals surface area contributed by atoms with E-state index in [4.69, 9.17) is 0 Å². The summed E-state index contributed by atoms with van der Waals surface area (Å²) in [6.07, 6.45) is 4.77. The van der Waals surface area contributed by atoms with Gasteiger partial charge in [-0.2, -0.15) is 11.8 Å². The second-order valence-electron chi connectivity index (χ2n) is 5.00. The minimum atomic E-state index is -0.109. The molecule has 0 amide bonds. The van der Waals surface area contributed by atoms with Gasteiger partial charge in [-0.05, 0) is 50.1 Å². The molecule has 1 N–H and O–H groups in total. The molecular weight excluding hydrogens is 233 g/mol. The van der Waals surface area contributed by atoms with Crippen LogP contribution in [0.4, 0.5) is 4.39 Å². The Hall–Kier alpha value is -0.540. The maximum atomic E-state index is 13.5. The molecule has 0 heterocycles. The normalized spacial score (nSPS) is 19.1. The fourth-order valence-corrected chi connectivity index (χ4v) is 2.67. The highest BCUT2D eigenvalue weighted by Gasteiger charge is 2.41. The van der Waals surface area contributed by atoms with E-state index >= 15 is 0 Å². The van der Waals surface area contributed by atoms with Gasteiger partial charge in [0, 0.05) is 17.3 Å². The lowest BCUT2D eigenvalue weighted by atomic mass is 10.1. The van der Waals surface area contributed by atoms with E-state index in [9.17, 15) is 4.39 Å². The van der Waals surface area contributed by atoms with Crippen molar-refractivity contribution in [3.8, 4) is 0 Å². The molecule has 0 aromatic heterocycles. The fourth-order valence-electron chi connectivity index (χ4n) is 1.93. The van der Waals surface area contributed by atoms with Gasteiger partial charge >= 0.3 is 0 Å². The van der Waals surface area contributed by atoms with Gasteiger partial charge in [0.2, 0.25) is 0 Å². The summed E-state index contributed by atoms with van der Waals surface area (Å²) in [7, 11) is 0. The minimum Gasteiger partial charge on any atom is -0.309 e. The van der Waals surface area contributed by atoms with Gasteiger partial charge < -0.3 is 5.32 Å². The van der Waals surface area contributed by atoms with Gasteiger partial charge in [0.15, 0.2) is 0 Å². The molecule has 1 unspecified atom stereocenters. The van der Waals surface area contributed by atoms with E-state index in [1.165, 1.54) is 12.8 Å². The first-order valence-corrected chi connectivity index (χ1v) is 7.33. The standard InChI is InChI=1S/C14H20FNS/c1-10-4-5-12(8-13(10)15)11(2)16-9-14(17-3)6-7-14/h4-5,8,11,16H,6-7,9H2,1-3H3. The van der Waals surface area contributed by atoms with Crippen LogP contribution in [0.15, 0.2) is 18.2 Å². The molecule has 1 aromatic carbocycles. The van der Waals surface area contributed by atoms with Crippen molar-refractivity contribution in [1.82, 2.24) is 5.32 Å². The van der Waals surface area contributed by atoms with Gasteiger partial charge in [0.1, 0.15) is 5.82 Å². The molecule has 1 aromatic rings. The SMILES string of the molecule is CSC1(CNC(C)c2ccc(C)c(F)c2)CC1. The lowest BCUT2D eigenvalue weighted by Gasteiger charge is -2.19. The van der Waals surface area contributed by atoms with Crippen LogP contribution in [-0.4, -0.2) is 17.5 Å². The molecule has 1 atom stereocenters. The average Bonchev–Trinajstić information content (AvgIpc) is 3.10. The average molecular weight is 253 g/mol. The lowest BCUT2D eigenvalue weighted by Crippen LogP contribution is -2.28. The van der Waals surface area contributed by atoms with Crippen LogP contribution in [-0.2, 0) is 0 Å². The van der Waals surface area contributed by atoms with Gasteiger partial charge in [0.05, 0.1) is 0 Å². The third-order valence-corrected chi connectivity index (χ3v) is 5.09. The smallest absolute Gasteiger partial charge is 0.126 e. The maximum absolute atomic E-state index is 13.5. The predicted molar refractivity (Wildman–Crippen MR) is 73.0 cm³/mol. The molecule has 0 bridgehead atoms. The summed E-state index contributed by atoms with van der Waals surface area (Å²) >= 11 is 1.94. The van der Waals surface area contributed by atoms with Gasteiger partial charge in [-0.3, -0.25) is 0 Å². The Bertz CT molecular complexity index is 401. The molecule has 1 aliphatic carbocycles. The first-order valence-electron chi connectivity index (χ1n) is 6.11. The molecule has 0 saturated heterocycles. The van der Waals surface area contributed by atoms with Gasteiger partial charge in [0.25, 0.3) is 0 Å². The van der Waals surface area contributed by atoms with Crippen molar-refractivity contribution in [2.24, 2.45) is 0 Å². The summed E-state index contributed by atoms with van der Waals surface area (Å²) in [5.74, 6) is -0.109. The molecule has 0 spiro atoms. The van der Waals surface area contributed by atoms with E-state index in [1.807, 2.05) is 23.9 Å². The molecule has 3 heteroatoms. The lowest BCUT2D eigenvalue weighted by molar-refractivity contribution is 0.554. The Morgan fingerprint density at radius 2 is 2.18 bits per heavy atom. The zero-order valence-electron chi connectivity index (χ0n) is 10.7. The quantitative estimate of drug-likeness (QED) is 0.859.